The monoisotopic (exact) mass is 1890 g/mol. The van der Waals surface area contributed by atoms with Crippen LogP contribution in [-0.2, 0) is 130 Å². The first kappa shape index (κ1) is 101. The van der Waals surface area contributed by atoms with Crippen molar-refractivity contribution in [1.82, 2.24) is 71.9 Å². The minimum Gasteiger partial charge on any atom is -0.481 e. The number of carbonyl (C=O) groups excluding carboxylic acids is 15. The van der Waals surface area contributed by atoms with Gasteiger partial charge in [-0.15, -0.1) is 0 Å². The van der Waals surface area contributed by atoms with Crippen LogP contribution in [0.4, 0.5) is 26.3 Å². The number of carbonyl (C=O) groups is 17. The molecule has 9 aliphatic rings. The number of fused-ring (bicyclic) bond motifs is 3. The van der Waals surface area contributed by atoms with Gasteiger partial charge in [0.15, 0.2) is 0 Å². The van der Waals surface area contributed by atoms with Crippen LogP contribution in [0.15, 0.2) is 54.6 Å². The van der Waals surface area contributed by atoms with Gasteiger partial charge in [-0.2, -0.15) is 28.4 Å². The van der Waals surface area contributed by atoms with Crippen molar-refractivity contribution in [3.8, 4) is 18.2 Å². The normalized spacial score (nSPS) is 22.2. The van der Waals surface area contributed by atoms with E-state index in [2.05, 4.69) is 78.8 Å². The maximum Gasteiger partial charge on any atom is 0.307 e. The Labute approximate surface area is 752 Å². The molecule has 0 spiro atoms. The number of aliphatic carboxylic acids is 2. The maximum absolute atomic E-state index is 13.8. The zero-order chi connectivity index (χ0) is 94.5. The molecule has 0 aromatic heterocycles. The number of nitriles is 3. The van der Waals surface area contributed by atoms with Gasteiger partial charge in [-0.25, -0.2) is 26.3 Å². The number of benzene rings is 3. The van der Waals surface area contributed by atoms with Crippen LogP contribution < -0.4 is 48.3 Å². The summed E-state index contributed by atoms with van der Waals surface area (Å²) in [6, 6.07) is 13.3. The molecular weight excluding hydrogens is 1800 g/mol. The van der Waals surface area contributed by atoms with Crippen LogP contribution in [0.2, 0.25) is 0 Å². The summed E-state index contributed by atoms with van der Waals surface area (Å²) in [5, 5.41) is 65.8. The predicted molar refractivity (Wildman–Crippen MR) is 449 cm³/mol. The molecule has 12 rings (SSSR count). The first-order valence-electron chi connectivity index (χ1n) is 40.8. The van der Waals surface area contributed by atoms with Crippen molar-refractivity contribution in [2.24, 2.45) is 29.4 Å². The Morgan fingerprint density at radius 3 is 1.08 bits per heavy atom. The first-order valence-corrected chi connectivity index (χ1v) is 45.9. The molecule has 690 valence electrons. The van der Waals surface area contributed by atoms with Gasteiger partial charge in [-0.1, -0.05) is 36.4 Å². The van der Waals surface area contributed by atoms with Crippen LogP contribution in [0, 0.1) is 57.7 Å². The van der Waals surface area contributed by atoms with E-state index in [1.807, 2.05) is 6.07 Å². The number of ketones is 1. The van der Waals surface area contributed by atoms with Crippen molar-refractivity contribution in [1.29, 1.82) is 15.8 Å². The van der Waals surface area contributed by atoms with Crippen molar-refractivity contribution >= 4 is 151 Å². The van der Waals surface area contributed by atoms with Gasteiger partial charge in [0.25, 0.3) is 35.5 Å². The molecule has 14 amide bonds. The van der Waals surface area contributed by atoms with Crippen LogP contribution in [0.1, 0.15) is 154 Å². The third-order valence-corrected chi connectivity index (χ3v) is 25.9. The summed E-state index contributed by atoms with van der Waals surface area (Å²) >= 11 is 12.7. The van der Waals surface area contributed by atoms with Crippen molar-refractivity contribution in [3.05, 3.63) is 105 Å². The molecule has 0 bridgehead atoms. The van der Waals surface area contributed by atoms with Crippen LogP contribution in [-0.4, -0.2) is 259 Å². The van der Waals surface area contributed by atoms with Crippen LogP contribution in [0.25, 0.3) is 0 Å². The summed E-state index contributed by atoms with van der Waals surface area (Å²) in [4.78, 5) is 218. The second-order valence-electron chi connectivity index (χ2n) is 32.0. The fourth-order valence-corrected chi connectivity index (χ4v) is 16.6. The Morgan fingerprint density at radius 1 is 0.481 bits per heavy atom. The largest absolute Gasteiger partial charge is 0.481 e. The minimum absolute atomic E-state index is 0.00864. The molecule has 37 nitrogen and oxygen atoms in total. The first-order chi connectivity index (χ1) is 61.1. The molecule has 9 heterocycles. The van der Waals surface area contributed by atoms with Gasteiger partial charge in [0, 0.05) is 197 Å². The molecule has 1 unspecified atom stereocenters. The lowest BCUT2D eigenvalue weighted by Gasteiger charge is -2.22. The van der Waals surface area contributed by atoms with Gasteiger partial charge in [-0.3, -0.25) is 81.5 Å². The predicted octanol–water partition coefficient (Wildman–Crippen LogP) is 1.88. The summed E-state index contributed by atoms with van der Waals surface area (Å²) in [7, 11) is 1.74. The Kier molecular flexibility index (Phi) is 35.6. The number of halogens is 6. The fraction of sp³-hybridized carbons (Fsp3) is 0.531. The molecule has 48 heteroatoms. The van der Waals surface area contributed by atoms with Gasteiger partial charge < -0.3 is 87.9 Å². The van der Waals surface area contributed by atoms with Crippen molar-refractivity contribution in [2.45, 2.75) is 183 Å². The summed E-state index contributed by atoms with van der Waals surface area (Å²) in [6.07, 6.45) is -3.96. The van der Waals surface area contributed by atoms with Gasteiger partial charge in [0.05, 0.1) is 50.2 Å². The van der Waals surface area contributed by atoms with E-state index in [1.54, 1.807) is 71.6 Å². The van der Waals surface area contributed by atoms with Gasteiger partial charge in [-0.05, 0) is 94.5 Å². The number of carboxylic acids is 2. The quantitative estimate of drug-likeness (QED) is 0.0189. The van der Waals surface area contributed by atoms with Crippen LogP contribution in [0.5, 0.6) is 0 Å². The van der Waals surface area contributed by atoms with Crippen LogP contribution in [0.3, 0.4) is 0 Å². The number of hydrogen-bond donors (Lipinski definition) is 12. The summed E-state index contributed by atoms with van der Waals surface area (Å²) < 4.78 is 82.7. The van der Waals surface area contributed by atoms with Gasteiger partial charge in [0.1, 0.15) is 42.0 Å². The van der Waals surface area contributed by atoms with E-state index in [-0.39, 0.29) is 165 Å². The number of amides is 14. The third-order valence-electron chi connectivity index (χ3n) is 22.8. The fourth-order valence-electron chi connectivity index (χ4n) is 16.3. The molecule has 3 aromatic carbocycles. The highest BCUT2D eigenvalue weighted by Crippen LogP contribution is 2.39. The van der Waals surface area contributed by atoms with E-state index >= 15 is 0 Å². The molecule has 0 radical (unpaired) electrons. The lowest BCUT2D eigenvalue weighted by molar-refractivity contribution is -0.143. The second-order valence-corrected chi connectivity index (χ2v) is 36.6. The SMILES string of the molecule is N#C[C@@H]1CC(F)(F)CN1C(=O)[C@@H]1C[C@@H](CC(=O)N2Cc3cccc(C(=O)NCCN)c3C2)C(=O)N1.N#C[C@@H]1CC(F)(F)CN1C(=O)[C@@H]1C[C@@H](CC(=O)N2Cc3cccc(C(=O)NCCNC(=O)CCC(=O)CC(CS)C(=O)O)c3C2)C(=O)N1.N#C[C@@H]1CC(F)(F)CN1C(=O)[C@@H]1C[C@@H](CC(=O)N2Cc3cccc(C(=O)NCCNC(=O)CCC(=O)O)c3C2)C(=O)N1.S=PP=S. The Balaban J connectivity index is 0.000000216. The van der Waals surface area contributed by atoms with E-state index in [0.717, 1.165) is 51.0 Å². The summed E-state index contributed by atoms with van der Waals surface area (Å²) in [5.41, 5.74) is 10.9. The molecule has 9 aliphatic heterocycles. The molecule has 6 fully saturated rings. The lowest BCUT2D eigenvalue weighted by Crippen LogP contribution is -2.46. The minimum atomic E-state index is -3.20. The van der Waals surface area contributed by atoms with E-state index in [4.69, 9.17) is 26.5 Å². The second kappa shape index (κ2) is 45.5. The summed E-state index contributed by atoms with van der Waals surface area (Å²) in [6.45, 7) is -0.573. The highest BCUT2D eigenvalue weighted by Gasteiger charge is 2.54. The highest BCUT2D eigenvalue weighted by atomic mass is 32.7. The van der Waals surface area contributed by atoms with E-state index < -0.39 is 194 Å². The smallest absolute Gasteiger partial charge is 0.307 e. The van der Waals surface area contributed by atoms with Crippen molar-refractivity contribution < 1.29 is 118 Å². The Hall–Kier alpha value is -11.8. The number of nitrogens with zero attached hydrogens (tertiary/aromatic N) is 9. The van der Waals surface area contributed by atoms with Gasteiger partial charge in [0.2, 0.25) is 65.0 Å². The maximum atomic E-state index is 13.8. The lowest BCUT2D eigenvalue weighted by atomic mass is 9.99. The van der Waals surface area contributed by atoms with E-state index in [1.165, 1.54) is 9.80 Å². The molecular formula is C81H92F6N18O19P2S3. The molecule has 10 atom stereocenters. The number of thiol groups is 1. The third kappa shape index (κ3) is 27.0. The number of nitrogens with one attached hydrogen (secondary N) is 8. The number of nitrogens with two attached hydrogens (primary N) is 1. The standard InChI is InChI=1S/C31H36F2N6O8S.C27H30F2N6O7.C23H26F2N6O4.P2S2/c32-31(33)11-20(12-34)39(16-31)29(45)24-9-18(27(43)37-24)10-26(42)38-13-17-2-1-3-22(23(17)14-38)28(44)36-7-6-35-25(41)5-4-21(40)8-19(15-48)30(46)47;28-27(29)10-17(11-30)35(14-27)26(42)20-8-16(24(40)33-20)9-22(37)34-12-15-2-1-3-18(19(15)13-34)25(41)32-7-6-31-21(36)4-5-23(38)39;24-23(25)8-15(9-27)31(12-23)22(35)18-6-14(20(33)29-18)7-19(32)30-10-13-2-1-3-16(17(13)11-30)21(34)28-5-4-26;3-1-2-4/h1-3,18-20,24,48H,4-11,13-16H2,(H,35,41)(H,36,44)(H,37,43)(H,46,47);1-3,16-17,20H,4-10,12-14H2,(H,31,36)(H,32,41)(H,33,40)(H,38,39);1-3,14-15,18H,4-8,10-12,26H2,(H,28,34)(H,29,33);/t18-,19?,20-,24-;16-,17-,20-;14-,15-,18-;/m000./s1. The molecule has 0 aliphatic carbocycles. The molecule has 0 saturated carbocycles. The zero-order valence-corrected chi connectivity index (χ0v) is 73.4. The van der Waals surface area contributed by atoms with E-state index in [0.29, 0.717) is 40.9 Å². The molecule has 3 aromatic rings. The molecule has 6 saturated heterocycles. The number of alkyl halides is 6. The average molecular weight is 1890 g/mol. The van der Waals surface area contributed by atoms with Gasteiger partial charge >= 0.3 is 11.9 Å². The Morgan fingerprint density at radius 2 is 0.791 bits per heavy atom. The van der Waals surface area contributed by atoms with Crippen molar-refractivity contribution in [2.75, 3.05) is 64.7 Å². The van der Waals surface area contributed by atoms with E-state index in [9.17, 15) is 113 Å². The van der Waals surface area contributed by atoms with Crippen molar-refractivity contribution in [3.63, 3.8) is 0 Å². The highest BCUT2D eigenvalue weighted by molar-refractivity contribution is 8.40. The number of hydrogen-bond acceptors (Lipinski definition) is 24. The topological polar surface area (TPSA) is 544 Å². The average Bonchev–Trinajstić information content (AvgIpc) is 1.67. The molecule has 129 heavy (non-hydrogen) atoms. The van der Waals surface area contributed by atoms with Crippen LogP contribution >= 0.6 is 26.7 Å². The zero-order valence-electron chi connectivity index (χ0n) is 69.0. The Bertz CT molecular complexity index is 5060. The number of likely N-dealkylation sites (tertiary alicyclic amines) is 3. The number of rotatable bonds is 31. The molecule has 12 N–H and O–H groups in total. The summed E-state index contributed by atoms with van der Waals surface area (Å²) in [5.74, 6) is -22.5. The number of Topliss-reactive ketones (excluding diaryl/α,β-unsaturated/α-hetero) is 1. The number of carboxylic acid groups (broad SMARTS) is 2.